The van der Waals surface area contributed by atoms with Crippen molar-refractivity contribution >= 4 is 11.6 Å². The Morgan fingerprint density at radius 3 is 1.68 bits per heavy atom. The molecule has 0 aliphatic rings. The molecule has 0 aliphatic heterocycles. The highest BCUT2D eigenvalue weighted by Crippen LogP contribution is 2.30. The van der Waals surface area contributed by atoms with E-state index in [1.165, 1.54) is 6.92 Å². The number of aromatic nitrogens is 2. The Morgan fingerprint density at radius 2 is 1.18 bits per heavy atom. The third-order valence-electron chi connectivity index (χ3n) is 4.40. The summed E-state index contributed by atoms with van der Waals surface area (Å²) in [7, 11) is 0. The first-order chi connectivity index (χ1) is 13.7. The SMILES string of the molecule is CC(=O)Nc1c(-c2ccccc2)n(-c2ccccc2)n(-c2ccccc2)c1=O. The molecule has 138 valence electrons. The average Bonchev–Trinajstić information content (AvgIpc) is 3.02. The Balaban J connectivity index is 2.14. The quantitative estimate of drug-likeness (QED) is 0.585. The van der Waals surface area contributed by atoms with Crippen molar-refractivity contribution < 1.29 is 4.79 Å². The van der Waals surface area contributed by atoms with Crippen LogP contribution in [-0.2, 0) is 4.79 Å². The maximum Gasteiger partial charge on any atom is 0.296 e. The predicted octanol–water partition coefficient (Wildman–Crippen LogP) is 4.25. The largest absolute Gasteiger partial charge is 0.320 e. The van der Waals surface area contributed by atoms with Gasteiger partial charge in [-0.15, -0.1) is 0 Å². The topological polar surface area (TPSA) is 56.0 Å². The van der Waals surface area contributed by atoms with Crippen LogP contribution in [0.1, 0.15) is 6.92 Å². The maximum atomic E-state index is 13.4. The van der Waals surface area contributed by atoms with E-state index < -0.39 is 0 Å². The van der Waals surface area contributed by atoms with Gasteiger partial charge in [0.05, 0.1) is 11.4 Å². The van der Waals surface area contributed by atoms with E-state index in [4.69, 9.17) is 0 Å². The number of para-hydroxylation sites is 2. The van der Waals surface area contributed by atoms with Gasteiger partial charge in [-0.25, -0.2) is 9.36 Å². The van der Waals surface area contributed by atoms with Gasteiger partial charge >= 0.3 is 0 Å². The van der Waals surface area contributed by atoms with Crippen LogP contribution in [-0.4, -0.2) is 15.3 Å². The third kappa shape index (κ3) is 3.14. The molecule has 1 heterocycles. The van der Waals surface area contributed by atoms with Crippen LogP contribution in [0.3, 0.4) is 0 Å². The fourth-order valence-electron chi connectivity index (χ4n) is 3.27. The highest BCUT2D eigenvalue weighted by molar-refractivity contribution is 5.93. The summed E-state index contributed by atoms with van der Waals surface area (Å²) < 4.78 is 3.43. The average molecular weight is 369 g/mol. The van der Waals surface area contributed by atoms with Gasteiger partial charge in [0.2, 0.25) is 5.91 Å². The number of nitrogens with zero attached hydrogens (tertiary/aromatic N) is 2. The molecule has 0 fully saturated rings. The number of hydrogen-bond donors (Lipinski definition) is 1. The molecule has 4 rings (SSSR count). The van der Waals surface area contributed by atoms with Gasteiger partial charge in [-0.3, -0.25) is 9.59 Å². The van der Waals surface area contributed by atoms with Crippen LogP contribution in [0.4, 0.5) is 5.69 Å². The van der Waals surface area contributed by atoms with Crippen molar-refractivity contribution in [2.75, 3.05) is 5.32 Å². The number of amides is 1. The Bertz CT molecular complexity index is 1160. The lowest BCUT2D eigenvalue weighted by Gasteiger charge is -2.15. The van der Waals surface area contributed by atoms with Crippen molar-refractivity contribution in [2.24, 2.45) is 0 Å². The molecule has 0 aliphatic carbocycles. The zero-order valence-corrected chi connectivity index (χ0v) is 15.4. The molecule has 1 N–H and O–H groups in total. The number of hydrogen-bond acceptors (Lipinski definition) is 2. The van der Waals surface area contributed by atoms with E-state index in [-0.39, 0.29) is 17.2 Å². The minimum Gasteiger partial charge on any atom is -0.320 e. The second-order valence-electron chi connectivity index (χ2n) is 6.37. The molecule has 0 saturated carbocycles. The van der Waals surface area contributed by atoms with Crippen molar-refractivity contribution in [1.82, 2.24) is 9.36 Å². The fraction of sp³-hybridized carbons (Fsp3) is 0.0435. The van der Waals surface area contributed by atoms with Crippen LogP contribution in [0, 0.1) is 0 Å². The summed E-state index contributed by atoms with van der Waals surface area (Å²) in [4.78, 5) is 25.3. The number of carbonyl (C=O) groups is 1. The van der Waals surface area contributed by atoms with E-state index in [0.29, 0.717) is 11.4 Å². The number of nitrogens with one attached hydrogen (secondary N) is 1. The second kappa shape index (κ2) is 7.40. The molecule has 1 aromatic heterocycles. The lowest BCUT2D eigenvalue weighted by atomic mass is 10.1. The first-order valence-corrected chi connectivity index (χ1v) is 8.98. The van der Waals surface area contributed by atoms with Gasteiger partial charge in [-0.05, 0) is 24.3 Å². The van der Waals surface area contributed by atoms with Crippen LogP contribution >= 0.6 is 0 Å². The van der Waals surface area contributed by atoms with Crippen LogP contribution < -0.4 is 10.9 Å². The van der Waals surface area contributed by atoms with Crippen molar-refractivity contribution in [1.29, 1.82) is 0 Å². The first-order valence-electron chi connectivity index (χ1n) is 8.98. The van der Waals surface area contributed by atoms with Crippen LogP contribution in [0.15, 0.2) is 95.8 Å². The second-order valence-corrected chi connectivity index (χ2v) is 6.37. The minimum absolute atomic E-state index is 0.256. The monoisotopic (exact) mass is 369 g/mol. The van der Waals surface area contributed by atoms with E-state index in [1.807, 2.05) is 95.7 Å². The zero-order chi connectivity index (χ0) is 19.5. The highest BCUT2D eigenvalue weighted by atomic mass is 16.2. The van der Waals surface area contributed by atoms with E-state index in [9.17, 15) is 9.59 Å². The molecule has 3 aromatic carbocycles. The number of carbonyl (C=O) groups excluding carboxylic acids is 1. The Hall–Kier alpha value is -3.86. The van der Waals surface area contributed by atoms with Crippen molar-refractivity contribution in [3.63, 3.8) is 0 Å². The number of rotatable bonds is 4. The molecule has 5 heteroatoms. The summed E-state index contributed by atoms with van der Waals surface area (Å²) in [5.41, 5.74) is 2.97. The molecule has 0 bridgehead atoms. The minimum atomic E-state index is -0.292. The summed E-state index contributed by atoms with van der Waals surface area (Å²) in [5, 5.41) is 2.75. The van der Waals surface area contributed by atoms with Crippen LogP contribution in [0.2, 0.25) is 0 Å². The van der Waals surface area contributed by atoms with Crippen molar-refractivity contribution in [2.45, 2.75) is 6.92 Å². The van der Waals surface area contributed by atoms with Gasteiger partial charge in [0.25, 0.3) is 5.56 Å². The van der Waals surface area contributed by atoms with Gasteiger partial charge in [-0.1, -0.05) is 66.7 Å². The third-order valence-corrected chi connectivity index (χ3v) is 4.40. The molecule has 0 unspecified atom stereocenters. The predicted molar refractivity (Wildman–Crippen MR) is 111 cm³/mol. The highest BCUT2D eigenvalue weighted by Gasteiger charge is 2.24. The molecule has 0 atom stereocenters. The normalized spacial score (nSPS) is 10.6. The van der Waals surface area contributed by atoms with E-state index in [2.05, 4.69) is 5.32 Å². The Kier molecular flexibility index (Phi) is 4.64. The summed E-state index contributed by atoms with van der Waals surface area (Å²) >= 11 is 0. The van der Waals surface area contributed by atoms with E-state index in [0.717, 1.165) is 11.3 Å². The van der Waals surface area contributed by atoms with E-state index in [1.54, 1.807) is 4.68 Å². The fourth-order valence-corrected chi connectivity index (χ4v) is 3.27. The summed E-state index contributed by atoms with van der Waals surface area (Å²) in [6.07, 6.45) is 0. The summed E-state index contributed by atoms with van der Waals surface area (Å²) in [6.45, 7) is 1.40. The molecule has 0 spiro atoms. The van der Waals surface area contributed by atoms with E-state index >= 15 is 0 Å². The van der Waals surface area contributed by atoms with Gasteiger partial charge in [0.15, 0.2) is 0 Å². The Morgan fingerprint density at radius 1 is 0.714 bits per heavy atom. The van der Waals surface area contributed by atoms with Crippen LogP contribution in [0.25, 0.3) is 22.6 Å². The molecular formula is C23H19N3O2. The molecule has 0 radical (unpaired) electrons. The van der Waals surface area contributed by atoms with Crippen LogP contribution in [0.5, 0.6) is 0 Å². The zero-order valence-electron chi connectivity index (χ0n) is 15.4. The first kappa shape index (κ1) is 17.5. The smallest absolute Gasteiger partial charge is 0.296 e. The maximum absolute atomic E-state index is 13.4. The molecule has 4 aromatic rings. The molecule has 28 heavy (non-hydrogen) atoms. The lowest BCUT2D eigenvalue weighted by Crippen LogP contribution is -2.22. The number of anilines is 1. The summed E-state index contributed by atoms with van der Waals surface area (Å²) in [6, 6.07) is 28.6. The van der Waals surface area contributed by atoms with Gasteiger partial charge in [-0.2, -0.15) is 0 Å². The summed E-state index contributed by atoms with van der Waals surface area (Å²) in [5.74, 6) is -0.292. The Labute approximate surface area is 162 Å². The molecule has 5 nitrogen and oxygen atoms in total. The standard InChI is InChI=1S/C23H19N3O2/c1-17(27)24-21-22(18-11-5-2-6-12-18)25(19-13-7-3-8-14-19)26(23(21)28)20-15-9-4-10-16-20/h2-16H,1H3,(H,24,27). The van der Waals surface area contributed by atoms with Gasteiger partial charge in [0, 0.05) is 12.5 Å². The van der Waals surface area contributed by atoms with Gasteiger partial charge < -0.3 is 5.32 Å². The molecule has 1 amide bonds. The molecule has 0 saturated heterocycles. The number of benzene rings is 3. The molecular weight excluding hydrogens is 350 g/mol. The van der Waals surface area contributed by atoms with Crippen molar-refractivity contribution in [3.8, 4) is 22.6 Å². The van der Waals surface area contributed by atoms with Crippen molar-refractivity contribution in [3.05, 3.63) is 101 Å². The van der Waals surface area contributed by atoms with Gasteiger partial charge in [0.1, 0.15) is 11.4 Å². The lowest BCUT2D eigenvalue weighted by molar-refractivity contribution is -0.114.